The summed E-state index contributed by atoms with van der Waals surface area (Å²) in [6.07, 6.45) is 4.43. The molecule has 4 heteroatoms. The molecular formula is C15H17N3O. The van der Waals surface area contributed by atoms with Crippen molar-refractivity contribution in [2.75, 3.05) is 11.1 Å². The first-order valence-corrected chi connectivity index (χ1v) is 6.20. The van der Waals surface area contributed by atoms with Crippen LogP contribution in [0.15, 0.2) is 42.7 Å². The largest absolute Gasteiger partial charge is 0.399 e. The summed E-state index contributed by atoms with van der Waals surface area (Å²) >= 11 is 0. The van der Waals surface area contributed by atoms with Crippen LogP contribution in [0.3, 0.4) is 0 Å². The molecule has 3 N–H and O–H groups in total. The first-order chi connectivity index (χ1) is 9.15. The number of pyridine rings is 1. The summed E-state index contributed by atoms with van der Waals surface area (Å²) in [5.41, 5.74) is 9.31. The van der Waals surface area contributed by atoms with Gasteiger partial charge in [0, 0.05) is 18.3 Å². The highest BCUT2D eigenvalue weighted by Gasteiger charge is 2.05. The average Bonchev–Trinajstić information content (AvgIpc) is 2.38. The quantitative estimate of drug-likeness (QED) is 0.825. The van der Waals surface area contributed by atoms with Gasteiger partial charge < -0.3 is 11.1 Å². The number of benzene rings is 1. The van der Waals surface area contributed by atoms with Crippen LogP contribution in [0.5, 0.6) is 0 Å². The zero-order chi connectivity index (χ0) is 13.7. The van der Waals surface area contributed by atoms with Gasteiger partial charge in [-0.05, 0) is 36.6 Å². The summed E-state index contributed by atoms with van der Waals surface area (Å²) in [6.45, 7) is 1.94. The number of nitrogens with two attached hydrogens (primary N) is 1. The molecule has 19 heavy (non-hydrogen) atoms. The first-order valence-electron chi connectivity index (χ1n) is 6.20. The van der Waals surface area contributed by atoms with Gasteiger partial charge in [-0.25, -0.2) is 0 Å². The Labute approximate surface area is 112 Å². The number of amides is 1. The molecule has 4 nitrogen and oxygen atoms in total. The third-order valence-corrected chi connectivity index (χ3v) is 2.84. The molecule has 1 amide bonds. The lowest BCUT2D eigenvalue weighted by Crippen LogP contribution is -2.13. The Bertz CT molecular complexity index is 581. The molecule has 0 bridgehead atoms. The molecule has 1 heterocycles. The van der Waals surface area contributed by atoms with Gasteiger partial charge in [0.15, 0.2) is 0 Å². The normalized spacial score (nSPS) is 10.2. The summed E-state index contributed by atoms with van der Waals surface area (Å²) in [4.78, 5) is 15.9. The van der Waals surface area contributed by atoms with Crippen LogP contribution < -0.4 is 11.1 Å². The van der Waals surface area contributed by atoms with E-state index < -0.39 is 0 Å². The number of aromatic nitrogens is 1. The Hall–Kier alpha value is -2.36. The molecule has 0 unspecified atom stereocenters. The fourth-order valence-electron chi connectivity index (χ4n) is 1.86. The topological polar surface area (TPSA) is 68.0 Å². The molecule has 0 fully saturated rings. The van der Waals surface area contributed by atoms with Crippen molar-refractivity contribution in [1.82, 2.24) is 4.98 Å². The number of anilines is 2. The minimum atomic E-state index is -0.0318. The predicted octanol–water partition coefficient (Wildman–Crippen LogP) is 2.54. The second kappa shape index (κ2) is 6.00. The van der Waals surface area contributed by atoms with Crippen molar-refractivity contribution >= 4 is 17.3 Å². The number of rotatable bonds is 4. The van der Waals surface area contributed by atoms with Crippen LogP contribution in [0, 0.1) is 6.92 Å². The first kappa shape index (κ1) is 13.1. The molecule has 2 aromatic rings. The smallest absolute Gasteiger partial charge is 0.224 e. The summed E-state index contributed by atoms with van der Waals surface area (Å²) in [5, 5.41) is 2.83. The highest BCUT2D eigenvalue weighted by molar-refractivity contribution is 5.90. The number of hydrogen-bond acceptors (Lipinski definition) is 3. The van der Waals surface area contributed by atoms with Gasteiger partial charge in [0.25, 0.3) is 0 Å². The fraction of sp³-hybridized carbons (Fsp3) is 0.200. The highest BCUT2D eigenvalue weighted by atomic mass is 16.1. The third kappa shape index (κ3) is 3.81. The van der Waals surface area contributed by atoms with E-state index in [4.69, 9.17) is 5.73 Å². The minimum Gasteiger partial charge on any atom is -0.399 e. The van der Waals surface area contributed by atoms with Gasteiger partial charge in [0.1, 0.15) is 0 Å². The molecule has 0 spiro atoms. The summed E-state index contributed by atoms with van der Waals surface area (Å²) < 4.78 is 0. The van der Waals surface area contributed by atoms with Gasteiger partial charge in [0.05, 0.1) is 11.9 Å². The Morgan fingerprint density at radius 2 is 2.11 bits per heavy atom. The van der Waals surface area contributed by atoms with E-state index in [1.165, 1.54) is 0 Å². The third-order valence-electron chi connectivity index (χ3n) is 2.84. The number of nitrogens with one attached hydrogen (secondary N) is 1. The SMILES string of the molecule is Cc1cncc(NC(=O)CCc2ccccc2N)c1. The van der Waals surface area contributed by atoms with Gasteiger partial charge in [-0.2, -0.15) is 0 Å². The molecule has 0 saturated carbocycles. The Morgan fingerprint density at radius 1 is 1.32 bits per heavy atom. The number of carbonyl (C=O) groups is 1. The molecule has 1 aromatic heterocycles. The lowest BCUT2D eigenvalue weighted by molar-refractivity contribution is -0.116. The zero-order valence-corrected chi connectivity index (χ0v) is 10.9. The number of nitrogen functional groups attached to an aromatic ring is 1. The molecule has 0 atom stereocenters. The zero-order valence-electron chi connectivity index (χ0n) is 10.9. The molecule has 0 saturated heterocycles. The van der Waals surface area contributed by atoms with Crippen molar-refractivity contribution in [1.29, 1.82) is 0 Å². The molecule has 0 aliphatic rings. The van der Waals surface area contributed by atoms with E-state index in [1.807, 2.05) is 37.3 Å². The predicted molar refractivity (Wildman–Crippen MR) is 76.8 cm³/mol. The van der Waals surface area contributed by atoms with E-state index in [0.29, 0.717) is 12.8 Å². The van der Waals surface area contributed by atoms with Gasteiger partial charge in [-0.15, -0.1) is 0 Å². The van der Waals surface area contributed by atoms with E-state index in [1.54, 1.807) is 12.4 Å². The second-order valence-electron chi connectivity index (χ2n) is 4.50. The number of hydrogen-bond donors (Lipinski definition) is 2. The van der Waals surface area contributed by atoms with Crippen molar-refractivity contribution in [3.05, 3.63) is 53.9 Å². The van der Waals surface area contributed by atoms with Gasteiger partial charge in [0.2, 0.25) is 5.91 Å². The van der Waals surface area contributed by atoms with E-state index in [9.17, 15) is 4.79 Å². The maximum atomic E-state index is 11.8. The van der Waals surface area contributed by atoms with Gasteiger partial charge in [-0.3, -0.25) is 9.78 Å². The number of para-hydroxylation sites is 1. The minimum absolute atomic E-state index is 0.0318. The van der Waals surface area contributed by atoms with Crippen LogP contribution in [0.1, 0.15) is 17.5 Å². The van der Waals surface area contributed by atoms with Gasteiger partial charge >= 0.3 is 0 Å². The monoisotopic (exact) mass is 255 g/mol. The van der Waals surface area contributed by atoms with Crippen molar-refractivity contribution in [2.45, 2.75) is 19.8 Å². The average molecular weight is 255 g/mol. The summed E-state index contributed by atoms with van der Waals surface area (Å²) in [6, 6.07) is 9.49. The molecule has 0 aliphatic heterocycles. The second-order valence-corrected chi connectivity index (χ2v) is 4.50. The lowest BCUT2D eigenvalue weighted by atomic mass is 10.1. The van der Waals surface area contributed by atoms with Crippen molar-refractivity contribution in [2.24, 2.45) is 0 Å². The standard InChI is InChI=1S/C15H17N3O/c1-11-8-13(10-17-9-11)18-15(19)7-6-12-4-2-3-5-14(12)16/h2-5,8-10H,6-7,16H2,1H3,(H,18,19). The van der Waals surface area contributed by atoms with Crippen LogP contribution in [-0.4, -0.2) is 10.9 Å². The van der Waals surface area contributed by atoms with Crippen LogP contribution in [-0.2, 0) is 11.2 Å². The van der Waals surface area contributed by atoms with Gasteiger partial charge in [-0.1, -0.05) is 18.2 Å². The number of aryl methyl sites for hydroxylation is 2. The summed E-state index contributed by atoms with van der Waals surface area (Å²) in [5.74, 6) is -0.0318. The van der Waals surface area contributed by atoms with E-state index >= 15 is 0 Å². The van der Waals surface area contributed by atoms with Crippen LogP contribution in [0.2, 0.25) is 0 Å². The molecule has 98 valence electrons. The number of nitrogens with zero attached hydrogens (tertiary/aromatic N) is 1. The molecule has 2 rings (SSSR count). The Balaban J connectivity index is 1.90. The molecule has 1 aromatic carbocycles. The van der Waals surface area contributed by atoms with E-state index in [-0.39, 0.29) is 5.91 Å². The van der Waals surface area contributed by atoms with Crippen LogP contribution in [0.25, 0.3) is 0 Å². The maximum Gasteiger partial charge on any atom is 0.224 e. The molecule has 0 aliphatic carbocycles. The van der Waals surface area contributed by atoms with Crippen molar-refractivity contribution in [3.8, 4) is 0 Å². The van der Waals surface area contributed by atoms with Crippen LogP contribution in [0.4, 0.5) is 11.4 Å². The fourth-order valence-corrected chi connectivity index (χ4v) is 1.86. The van der Waals surface area contributed by atoms with E-state index in [0.717, 1.165) is 22.5 Å². The van der Waals surface area contributed by atoms with Crippen molar-refractivity contribution < 1.29 is 4.79 Å². The Morgan fingerprint density at radius 3 is 2.84 bits per heavy atom. The summed E-state index contributed by atoms with van der Waals surface area (Å²) in [7, 11) is 0. The number of carbonyl (C=O) groups excluding carboxylic acids is 1. The van der Waals surface area contributed by atoms with Crippen molar-refractivity contribution in [3.63, 3.8) is 0 Å². The maximum absolute atomic E-state index is 11.8. The lowest BCUT2D eigenvalue weighted by Gasteiger charge is -2.07. The highest BCUT2D eigenvalue weighted by Crippen LogP contribution is 2.13. The van der Waals surface area contributed by atoms with Crippen LogP contribution >= 0.6 is 0 Å². The molecular weight excluding hydrogens is 238 g/mol. The molecule has 0 radical (unpaired) electrons. The Kier molecular flexibility index (Phi) is 4.13. The van der Waals surface area contributed by atoms with E-state index in [2.05, 4.69) is 10.3 Å².